The molecule has 0 radical (unpaired) electrons. The Kier molecular flexibility index (Phi) is 5.57. The van der Waals surface area contributed by atoms with Gasteiger partial charge in [0.2, 0.25) is 0 Å². The molecule has 4 heteroatoms. The van der Waals surface area contributed by atoms with Gasteiger partial charge in [-0.15, -0.1) is 11.6 Å². The van der Waals surface area contributed by atoms with E-state index in [4.69, 9.17) is 25.8 Å². The molecule has 0 aromatic heterocycles. The highest BCUT2D eigenvalue weighted by Gasteiger charge is 2.01. The molecule has 1 aromatic rings. The van der Waals surface area contributed by atoms with Crippen LogP contribution in [0.5, 0.6) is 17.2 Å². The van der Waals surface area contributed by atoms with E-state index in [1.54, 1.807) is 32.4 Å². The second-order valence-electron chi connectivity index (χ2n) is 2.99. The first-order valence-corrected chi connectivity index (χ1v) is 5.40. The van der Waals surface area contributed by atoms with Crippen LogP contribution in [0.25, 0.3) is 0 Å². The van der Waals surface area contributed by atoms with Crippen LogP contribution >= 0.6 is 11.6 Å². The quantitative estimate of drug-likeness (QED) is 0.567. The number of alkyl halides is 1. The second-order valence-corrected chi connectivity index (χ2v) is 3.29. The predicted octanol–water partition coefficient (Wildman–Crippen LogP) is 2.88. The predicted molar refractivity (Wildman–Crippen MR) is 64.9 cm³/mol. The Morgan fingerprint density at radius 3 is 2.06 bits per heavy atom. The molecule has 0 N–H and O–H groups in total. The summed E-state index contributed by atoms with van der Waals surface area (Å²) in [7, 11) is 3.21. The Morgan fingerprint density at radius 2 is 1.56 bits per heavy atom. The van der Waals surface area contributed by atoms with Gasteiger partial charge in [0.25, 0.3) is 0 Å². The Hall–Kier alpha value is -1.35. The first-order valence-electron chi connectivity index (χ1n) is 4.87. The molecule has 0 aliphatic rings. The van der Waals surface area contributed by atoms with Gasteiger partial charge in [-0.1, -0.05) is 12.2 Å². The van der Waals surface area contributed by atoms with Crippen LogP contribution < -0.4 is 14.2 Å². The third kappa shape index (κ3) is 4.03. The minimum atomic E-state index is 0.475. The van der Waals surface area contributed by atoms with Crippen molar-refractivity contribution in [2.24, 2.45) is 0 Å². The largest absolute Gasteiger partial charge is 0.496 e. The summed E-state index contributed by atoms with van der Waals surface area (Å²) in [5.74, 6) is 2.60. The first-order chi connectivity index (χ1) is 7.80. The molecule has 0 unspecified atom stereocenters. The number of methoxy groups -OCH3 is 2. The van der Waals surface area contributed by atoms with Gasteiger partial charge in [0.1, 0.15) is 23.9 Å². The number of hydrogen-bond acceptors (Lipinski definition) is 3. The Morgan fingerprint density at radius 1 is 1.00 bits per heavy atom. The van der Waals surface area contributed by atoms with Gasteiger partial charge in [-0.3, -0.25) is 0 Å². The summed E-state index contributed by atoms with van der Waals surface area (Å²) in [6, 6.07) is 5.40. The van der Waals surface area contributed by atoms with E-state index in [2.05, 4.69) is 0 Å². The van der Waals surface area contributed by atoms with Crippen LogP contribution in [0.4, 0.5) is 0 Å². The molecule has 0 saturated heterocycles. The van der Waals surface area contributed by atoms with Crippen LogP contribution in [0, 0.1) is 0 Å². The molecule has 88 valence electrons. The number of benzene rings is 1. The monoisotopic (exact) mass is 242 g/mol. The van der Waals surface area contributed by atoms with Crippen molar-refractivity contribution in [2.45, 2.75) is 0 Å². The normalized spacial score (nSPS) is 10.4. The van der Waals surface area contributed by atoms with E-state index in [-0.39, 0.29) is 0 Å². The number of ether oxygens (including phenoxy) is 3. The van der Waals surface area contributed by atoms with Gasteiger partial charge in [-0.05, 0) is 0 Å². The molecule has 16 heavy (non-hydrogen) atoms. The molecule has 1 rings (SSSR count). The van der Waals surface area contributed by atoms with Crippen molar-refractivity contribution >= 4 is 11.6 Å². The summed E-state index contributed by atoms with van der Waals surface area (Å²) >= 11 is 5.50. The molecule has 0 atom stereocenters. The van der Waals surface area contributed by atoms with Crippen molar-refractivity contribution < 1.29 is 14.2 Å². The highest BCUT2D eigenvalue weighted by Crippen LogP contribution is 2.27. The summed E-state index contributed by atoms with van der Waals surface area (Å²) in [6.07, 6.45) is 3.69. The molecule has 1 aromatic carbocycles. The summed E-state index contributed by atoms with van der Waals surface area (Å²) in [6.45, 7) is 0.475. The molecule has 0 fully saturated rings. The van der Waals surface area contributed by atoms with Gasteiger partial charge in [0.15, 0.2) is 0 Å². The minimum Gasteiger partial charge on any atom is -0.496 e. The fourth-order valence-electron chi connectivity index (χ4n) is 1.14. The summed E-state index contributed by atoms with van der Waals surface area (Å²) in [5, 5.41) is 0. The molecule has 0 heterocycles. The average Bonchev–Trinajstić information content (AvgIpc) is 2.34. The maximum Gasteiger partial charge on any atom is 0.127 e. The molecule has 0 bridgehead atoms. The zero-order valence-electron chi connectivity index (χ0n) is 9.40. The maximum absolute atomic E-state index is 5.50. The van der Waals surface area contributed by atoms with Crippen molar-refractivity contribution in [3.05, 3.63) is 30.4 Å². The van der Waals surface area contributed by atoms with Crippen LogP contribution in [0.1, 0.15) is 0 Å². The number of allylic oxidation sites excluding steroid dienone is 1. The van der Waals surface area contributed by atoms with Crippen molar-refractivity contribution in [3.63, 3.8) is 0 Å². The number of hydrogen-bond donors (Lipinski definition) is 0. The fraction of sp³-hybridized carbons (Fsp3) is 0.333. The van der Waals surface area contributed by atoms with Crippen molar-refractivity contribution in [2.75, 3.05) is 26.7 Å². The molecule has 0 aliphatic carbocycles. The Balaban J connectivity index is 2.67. The van der Waals surface area contributed by atoms with Gasteiger partial charge in [0, 0.05) is 24.1 Å². The van der Waals surface area contributed by atoms with Crippen molar-refractivity contribution in [1.29, 1.82) is 0 Å². The highest BCUT2D eigenvalue weighted by atomic mass is 35.5. The number of halogens is 1. The number of rotatable bonds is 6. The summed E-state index contributed by atoms with van der Waals surface area (Å²) in [5.41, 5.74) is 0. The third-order valence-corrected chi connectivity index (χ3v) is 2.11. The van der Waals surface area contributed by atoms with Gasteiger partial charge in [-0.2, -0.15) is 0 Å². The smallest absolute Gasteiger partial charge is 0.127 e. The van der Waals surface area contributed by atoms with Gasteiger partial charge < -0.3 is 14.2 Å². The zero-order valence-corrected chi connectivity index (χ0v) is 10.2. The van der Waals surface area contributed by atoms with E-state index in [0.29, 0.717) is 29.7 Å². The molecule has 0 amide bonds. The highest BCUT2D eigenvalue weighted by molar-refractivity contribution is 6.18. The van der Waals surface area contributed by atoms with Crippen LogP contribution in [0.2, 0.25) is 0 Å². The van der Waals surface area contributed by atoms with Crippen LogP contribution in [0.15, 0.2) is 30.4 Å². The topological polar surface area (TPSA) is 27.7 Å². The van der Waals surface area contributed by atoms with E-state index in [0.717, 1.165) is 0 Å². The van der Waals surface area contributed by atoms with Crippen LogP contribution in [-0.2, 0) is 0 Å². The third-order valence-electron chi connectivity index (χ3n) is 1.93. The van der Waals surface area contributed by atoms with E-state index in [1.807, 2.05) is 12.2 Å². The van der Waals surface area contributed by atoms with Gasteiger partial charge in [-0.25, -0.2) is 0 Å². The van der Waals surface area contributed by atoms with E-state index >= 15 is 0 Å². The Labute approximate surface area is 101 Å². The lowest BCUT2D eigenvalue weighted by atomic mass is 10.3. The maximum atomic E-state index is 5.50. The molecule has 0 saturated carbocycles. The SMILES string of the molecule is COc1cc(OC)cc(OCC=CCCl)c1. The van der Waals surface area contributed by atoms with Crippen LogP contribution in [0.3, 0.4) is 0 Å². The zero-order chi connectivity index (χ0) is 11.8. The Bertz CT molecular complexity index is 328. The molecular formula is C12H15ClO3. The van der Waals surface area contributed by atoms with Crippen molar-refractivity contribution in [3.8, 4) is 17.2 Å². The molecule has 0 aliphatic heterocycles. The van der Waals surface area contributed by atoms with Gasteiger partial charge >= 0.3 is 0 Å². The first kappa shape index (κ1) is 12.7. The molecule has 0 spiro atoms. The summed E-state index contributed by atoms with van der Waals surface area (Å²) in [4.78, 5) is 0. The lowest BCUT2D eigenvalue weighted by Gasteiger charge is -2.08. The fourth-order valence-corrected chi connectivity index (χ4v) is 1.27. The van der Waals surface area contributed by atoms with Crippen molar-refractivity contribution in [1.82, 2.24) is 0 Å². The molecule has 3 nitrogen and oxygen atoms in total. The van der Waals surface area contributed by atoms with E-state index < -0.39 is 0 Å². The van der Waals surface area contributed by atoms with E-state index in [1.165, 1.54) is 0 Å². The standard InChI is InChI=1S/C12H15ClO3/c1-14-10-7-11(15-2)9-12(8-10)16-6-4-3-5-13/h3-4,7-9H,5-6H2,1-2H3. The van der Waals surface area contributed by atoms with E-state index in [9.17, 15) is 0 Å². The molecular weight excluding hydrogens is 228 g/mol. The minimum absolute atomic E-state index is 0.475. The lowest BCUT2D eigenvalue weighted by molar-refractivity contribution is 0.348. The van der Waals surface area contributed by atoms with Crippen LogP contribution in [-0.4, -0.2) is 26.7 Å². The second kappa shape index (κ2) is 7.01. The average molecular weight is 243 g/mol. The van der Waals surface area contributed by atoms with Gasteiger partial charge in [0.05, 0.1) is 14.2 Å². The lowest BCUT2D eigenvalue weighted by Crippen LogP contribution is -1.95. The summed E-state index contributed by atoms with van der Waals surface area (Å²) < 4.78 is 15.7.